The van der Waals surface area contributed by atoms with Crippen molar-refractivity contribution in [3.8, 4) is 5.75 Å². The maximum Gasteiger partial charge on any atom is 0.240 e. The third kappa shape index (κ3) is 3.23. The van der Waals surface area contributed by atoms with Crippen molar-refractivity contribution in [1.29, 1.82) is 0 Å². The van der Waals surface area contributed by atoms with Gasteiger partial charge in [-0.25, -0.2) is 13.1 Å². The van der Waals surface area contributed by atoms with Gasteiger partial charge in [-0.05, 0) is 38.6 Å². The van der Waals surface area contributed by atoms with Crippen LogP contribution in [0.3, 0.4) is 0 Å². The standard InChI is InChI=1S/C13H21N3O3S/c1-16-7-3-4-10(16)9-15-20(17,18)11-5-6-12(14)13(8-11)19-2/h5-6,8,10,15H,3-4,7,9,14H2,1-2H3. The fraction of sp³-hybridized carbons (Fsp3) is 0.538. The van der Waals surface area contributed by atoms with Crippen LogP contribution in [0, 0.1) is 0 Å². The number of benzene rings is 1. The minimum atomic E-state index is -3.53. The van der Waals surface area contributed by atoms with Crippen LogP contribution in [0.5, 0.6) is 5.75 Å². The Morgan fingerprint density at radius 3 is 2.85 bits per heavy atom. The second kappa shape index (κ2) is 5.99. The van der Waals surface area contributed by atoms with Crippen molar-refractivity contribution < 1.29 is 13.2 Å². The minimum Gasteiger partial charge on any atom is -0.495 e. The average molecular weight is 299 g/mol. The first-order valence-corrected chi connectivity index (χ1v) is 8.06. The van der Waals surface area contributed by atoms with Crippen LogP contribution in [0.25, 0.3) is 0 Å². The highest BCUT2D eigenvalue weighted by Gasteiger charge is 2.23. The molecule has 1 aromatic rings. The fourth-order valence-electron chi connectivity index (χ4n) is 2.39. The molecule has 0 spiro atoms. The van der Waals surface area contributed by atoms with E-state index in [1.165, 1.54) is 25.3 Å². The summed E-state index contributed by atoms with van der Waals surface area (Å²) in [7, 11) is -0.0593. The minimum absolute atomic E-state index is 0.171. The summed E-state index contributed by atoms with van der Waals surface area (Å²) in [6, 6.07) is 4.73. The molecule has 3 N–H and O–H groups in total. The molecule has 0 aliphatic carbocycles. The molecule has 0 radical (unpaired) electrons. The van der Waals surface area contributed by atoms with Crippen LogP contribution in [0.15, 0.2) is 23.1 Å². The van der Waals surface area contributed by atoms with Crippen LogP contribution in [-0.2, 0) is 10.0 Å². The van der Waals surface area contributed by atoms with E-state index in [0.717, 1.165) is 19.4 Å². The normalized spacial score (nSPS) is 20.2. The van der Waals surface area contributed by atoms with Crippen molar-refractivity contribution in [2.24, 2.45) is 0 Å². The van der Waals surface area contributed by atoms with E-state index in [1.54, 1.807) is 0 Å². The molecule has 7 heteroatoms. The molecule has 6 nitrogen and oxygen atoms in total. The van der Waals surface area contributed by atoms with Crippen molar-refractivity contribution in [2.45, 2.75) is 23.8 Å². The molecular weight excluding hydrogens is 278 g/mol. The topological polar surface area (TPSA) is 84.7 Å². The van der Waals surface area contributed by atoms with Crippen LogP contribution in [0.4, 0.5) is 5.69 Å². The first-order chi connectivity index (χ1) is 9.44. The number of hydrogen-bond donors (Lipinski definition) is 2. The van der Waals surface area contributed by atoms with Crippen molar-refractivity contribution in [2.75, 3.05) is 33.0 Å². The molecule has 20 heavy (non-hydrogen) atoms. The molecule has 1 atom stereocenters. The molecule has 1 unspecified atom stereocenters. The third-order valence-corrected chi connectivity index (χ3v) is 5.12. The Labute approximate surface area is 120 Å². The summed E-state index contributed by atoms with van der Waals surface area (Å²) in [5.41, 5.74) is 6.11. The Hall–Kier alpha value is -1.31. The van der Waals surface area contributed by atoms with Gasteiger partial charge >= 0.3 is 0 Å². The summed E-state index contributed by atoms with van der Waals surface area (Å²) in [6.45, 7) is 1.44. The third-order valence-electron chi connectivity index (χ3n) is 3.70. The molecule has 1 aromatic carbocycles. The molecule has 0 amide bonds. The lowest BCUT2D eigenvalue weighted by atomic mass is 10.2. The van der Waals surface area contributed by atoms with Crippen LogP contribution in [0.2, 0.25) is 0 Å². The second-order valence-electron chi connectivity index (χ2n) is 5.03. The van der Waals surface area contributed by atoms with Crippen molar-refractivity contribution in [3.63, 3.8) is 0 Å². The van der Waals surface area contributed by atoms with E-state index < -0.39 is 10.0 Å². The number of likely N-dealkylation sites (tertiary alicyclic amines) is 1. The van der Waals surface area contributed by atoms with E-state index in [1.807, 2.05) is 7.05 Å². The molecule has 1 saturated heterocycles. The van der Waals surface area contributed by atoms with Gasteiger partial charge in [0.1, 0.15) is 5.75 Å². The summed E-state index contributed by atoms with van der Waals surface area (Å²) in [6.07, 6.45) is 2.13. The highest BCUT2D eigenvalue weighted by atomic mass is 32.2. The fourth-order valence-corrected chi connectivity index (χ4v) is 3.47. The lowest BCUT2D eigenvalue weighted by Crippen LogP contribution is -2.38. The molecule has 1 heterocycles. The van der Waals surface area contributed by atoms with Gasteiger partial charge in [-0.15, -0.1) is 0 Å². The Bertz CT molecular complexity index is 574. The quantitative estimate of drug-likeness (QED) is 0.780. The number of methoxy groups -OCH3 is 1. The zero-order valence-electron chi connectivity index (χ0n) is 11.8. The first kappa shape index (κ1) is 15.1. The molecular formula is C13H21N3O3S. The molecule has 0 aromatic heterocycles. The SMILES string of the molecule is COc1cc(S(=O)(=O)NCC2CCCN2C)ccc1N. The van der Waals surface area contributed by atoms with E-state index >= 15 is 0 Å². The molecule has 1 fully saturated rings. The maximum absolute atomic E-state index is 12.2. The number of nitrogens with one attached hydrogen (secondary N) is 1. The van der Waals surface area contributed by atoms with Gasteiger partial charge in [0.25, 0.3) is 0 Å². The summed E-state index contributed by atoms with van der Waals surface area (Å²) >= 11 is 0. The predicted molar refractivity (Wildman–Crippen MR) is 78.2 cm³/mol. The summed E-state index contributed by atoms with van der Waals surface area (Å²) in [5.74, 6) is 0.367. The lowest BCUT2D eigenvalue weighted by molar-refractivity contribution is 0.311. The highest BCUT2D eigenvalue weighted by molar-refractivity contribution is 7.89. The Morgan fingerprint density at radius 2 is 2.25 bits per heavy atom. The number of nitrogens with two attached hydrogens (primary N) is 1. The first-order valence-electron chi connectivity index (χ1n) is 6.57. The number of hydrogen-bond acceptors (Lipinski definition) is 5. The molecule has 0 saturated carbocycles. The Balaban J connectivity index is 2.10. The van der Waals surface area contributed by atoms with Crippen LogP contribution in [-0.4, -0.2) is 46.6 Å². The van der Waals surface area contributed by atoms with Crippen molar-refractivity contribution in [3.05, 3.63) is 18.2 Å². The second-order valence-corrected chi connectivity index (χ2v) is 6.80. The predicted octanol–water partition coefficient (Wildman–Crippen LogP) is 0.650. The van der Waals surface area contributed by atoms with E-state index in [2.05, 4.69) is 9.62 Å². The van der Waals surface area contributed by atoms with E-state index in [0.29, 0.717) is 18.0 Å². The van der Waals surface area contributed by atoms with Crippen LogP contribution >= 0.6 is 0 Å². The number of sulfonamides is 1. The van der Waals surface area contributed by atoms with Gasteiger partial charge in [0, 0.05) is 18.7 Å². The smallest absolute Gasteiger partial charge is 0.240 e. The molecule has 1 aliphatic heterocycles. The lowest BCUT2D eigenvalue weighted by Gasteiger charge is -2.19. The van der Waals surface area contributed by atoms with Gasteiger partial charge in [-0.2, -0.15) is 0 Å². The van der Waals surface area contributed by atoms with Gasteiger partial charge in [0.05, 0.1) is 17.7 Å². The maximum atomic E-state index is 12.2. The number of ether oxygens (including phenoxy) is 1. The number of likely N-dealkylation sites (N-methyl/N-ethyl adjacent to an activating group) is 1. The number of rotatable bonds is 5. The van der Waals surface area contributed by atoms with E-state index in [9.17, 15) is 8.42 Å². The summed E-state index contributed by atoms with van der Waals surface area (Å²) < 4.78 is 32.2. The van der Waals surface area contributed by atoms with E-state index in [-0.39, 0.29) is 10.9 Å². The Kier molecular flexibility index (Phi) is 4.52. The summed E-state index contributed by atoms with van der Waals surface area (Å²) in [5, 5.41) is 0. The molecule has 0 bridgehead atoms. The number of anilines is 1. The summed E-state index contributed by atoms with van der Waals surface area (Å²) in [4.78, 5) is 2.34. The monoisotopic (exact) mass is 299 g/mol. The van der Waals surface area contributed by atoms with Gasteiger partial charge in [-0.3, -0.25) is 0 Å². The molecule has 112 valence electrons. The zero-order chi connectivity index (χ0) is 14.8. The van der Waals surface area contributed by atoms with Gasteiger partial charge in [0.15, 0.2) is 0 Å². The number of nitrogens with zero attached hydrogens (tertiary/aromatic N) is 1. The largest absolute Gasteiger partial charge is 0.495 e. The van der Waals surface area contributed by atoms with Gasteiger partial charge in [0.2, 0.25) is 10.0 Å². The number of nitrogen functional groups attached to an aromatic ring is 1. The van der Waals surface area contributed by atoms with Crippen LogP contribution < -0.4 is 15.2 Å². The van der Waals surface area contributed by atoms with Gasteiger partial charge in [-0.1, -0.05) is 0 Å². The Morgan fingerprint density at radius 1 is 1.50 bits per heavy atom. The molecule has 2 rings (SSSR count). The van der Waals surface area contributed by atoms with Crippen molar-refractivity contribution >= 4 is 15.7 Å². The zero-order valence-corrected chi connectivity index (χ0v) is 12.6. The van der Waals surface area contributed by atoms with Crippen molar-refractivity contribution in [1.82, 2.24) is 9.62 Å². The molecule has 1 aliphatic rings. The average Bonchev–Trinajstić information content (AvgIpc) is 2.82. The van der Waals surface area contributed by atoms with Crippen LogP contribution in [0.1, 0.15) is 12.8 Å². The highest BCUT2D eigenvalue weighted by Crippen LogP contribution is 2.24. The van der Waals surface area contributed by atoms with E-state index in [4.69, 9.17) is 10.5 Å². The van der Waals surface area contributed by atoms with Gasteiger partial charge < -0.3 is 15.4 Å².